The first kappa shape index (κ1) is 8.06. The zero-order valence-corrected chi connectivity index (χ0v) is 7.94. The maximum Gasteiger partial charge on any atom is 0.102 e. The molecule has 1 heteroatoms. The van der Waals surface area contributed by atoms with E-state index in [-0.39, 0.29) is 0 Å². The predicted octanol–water partition coefficient (Wildman–Crippen LogP) is 2.02. The van der Waals surface area contributed by atoms with E-state index < -0.39 is 0 Å². The molecule has 1 heterocycles. The summed E-state index contributed by atoms with van der Waals surface area (Å²) in [4.78, 5) is 0. The lowest BCUT2D eigenvalue weighted by atomic mass is 9.76. The molecule has 0 amide bonds. The van der Waals surface area contributed by atoms with Crippen molar-refractivity contribution in [1.29, 1.82) is 0 Å². The molecule has 60 valence electrons. The molecule has 0 aromatic rings. The molecule has 0 N–H and O–H groups in total. The molecule has 0 aliphatic carbocycles. The highest BCUT2D eigenvalue weighted by molar-refractivity contribution is 4.86. The molecule has 0 bridgehead atoms. The predicted molar refractivity (Wildman–Crippen MR) is 44.9 cm³/mol. The van der Waals surface area contributed by atoms with Crippen molar-refractivity contribution in [1.82, 2.24) is 0 Å². The summed E-state index contributed by atoms with van der Waals surface area (Å²) in [6, 6.07) is 0.866. The summed E-state index contributed by atoms with van der Waals surface area (Å²) in [6.45, 7) is 7.04. The van der Waals surface area contributed by atoms with Crippen LogP contribution < -0.4 is 0 Å². The molecule has 1 aliphatic heterocycles. The maximum atomic E-state index is 2.40. The van der Waals surface area contributed by atoms with E-state index in [0.29, 0.717) is 5.54 Å². The lowest BCUT2D eigenvalue weighted by molar-refractivity contribution is -1.01. The molecule has 0 aromatic carbocycles. The van der Waals surface area contributed by atoms with Crippen LogP contribution in [0.5, 0.6) is 0 Å². The standard InChI is InChI=1S/C9H20N/c1-6-9(3)7-8(2)10(9,4)5/h8H,6-7H2,1-5H3/q+1. The van der Waals surface area contributed by atoms with Gasteiger partial charge in [0.2, 0.25) is 0 Å². The molecule has 0 saturated carbocycles. The molecule has 2 atom stereocenters. The maximum absolute atomic E-state index is 2.40. The molecule has 1 aliphatic rings. The summed E-state index contributed by atoms with van der Waals surface area (Å²) in [5.41, 5.74) is 0.569. The molecule has 0 radical (unpaired) electrons. The molecule has 2 unspecified atom stereocenters. The minimum atomic E-state index is 0.569. The van der Waals surface area contributed by atoms with Crippen molar-refractivity contribution < 1.29 is 4.48 Å². The summed E-state index contributed by atoms with van der Waals surface area (Å²) in [5, 5.41) is 0. The summed E-state index contributed by atoms with van der Waals surface area (Å²) in [7, 11) is 4.69. The Morgan fingerprint density at radius 2 is 2.00 bits per heavy atom. The van der Waals surface area contributed by atoms with Gasteiger partial charge < -0.3 is 4.48 Å². The number of likely N-dealkylation sites (tertiary alicyclic amines) is 1. The Kier molecular flexibility index (Phi) is 1.59. The normalized spacial score (nSPS) is 44.7. The van der Waals surface area contributed by atoms with Crippen molar-refractivity contribution in [3.05, 3.63) is 0 Å². The summed E-state index contributed by atoms with van der Waals surface area (Å²) in [6.07, 6.45) is 2.71. The number of rotatable bonds is 1. The van der Waals surface area contributed by atoms with Gasteiger partial charge in [0, 0.05) is 0 Å². The van der Waals surface area contributed by atoms with Crippen molar-refractivity contribution >= 4 is 0 Å². The second-order valence-corrected chi connectivity index (χ2v) is 4.44. The first-order valence-electron chi connectivity index (χ1n) is 4.28. The van der Waals surface area contributed by atoms with Crippen molar-refractivity contribution in [2.75, 3.05) is 14.1 Å². The first-order chi connectivity index (χ1) is 4.44. The Hall–Kier alpha value is -0.0400. The van der Waals surface area contributed by atoms with E-state index in [4.69, 9.17) is 0 Å². The zero-order valence-electron chi connectivity index (χ0n) is 7.94. The van der Waals surface area contributed by atoms with Gasteiger partial charge in [-0.05, 0) is 20.3 Å². The van der Waals surface area contributed by atoms with Gasteiger partial charge in [0.25, 0.3) is 0 Å². The second kappa shape index (κ2) is 1.97. The number of quaternary nitrogens is 1. The Morgan fingerprint density at radius 1 is 1.50 bits per heavy atom. The van der Waals surface area contributed by atoms with Crippen LogP contribution in [0, 0.1) is 0 Å². The van der Waals surface area contributed by atoms with Crippen molar-refractivity contribution in [3.63, 3.8) is 0 Å². The van der Waals surface area contributed by atoms with E-state index in [9.17, 15) is 0 Å². The third-order valence-electron chi connectivity index (χ3n) is 3.99. The van der Waals surface area contributed by atoms with E-state index in [1.54, 1.807) is 0 Å². The Balaban J connectivity index is 2.70. The minimum absolute atomic E-state index is 0.569. The van der Waals surface area contributed by atoms with Gasteiger partial charge in [0.05, 0.1) is 26.6 Å². The van der Waals surface area contributed by atoms with Crippen molar-refractivity contribution in [3.8, 4) is 0 Å². The highest BCUT2D eigenvalue weighted by Gasteiger charge is 2.54. The molecule has 0 aromatic heterocycles. The third-order valence-corrected chi connectivity index (χ3v) is 3.99. The van der Waals surface area contributed by atoms with Gasteiger partial charge in [0.1, 0.15) is 5.54 Å². The third kappa shape index (κ3) is 0.731. The summed E-state index contributed by atoms with van der Waals surface area (Å²) < 4.78 is 1.21. The molecular formula is C9H20N+. The first-order valence-corrected chi connectivity index (χ1v) is 4.28. The minimum Gasteiger partial charge on any atom is -0.321 e. The van der Waals surface area contributed by atoms with Crippen molar-refractivity contribution in [2.45, 2.75) is 45.2 Å². The van der Waals surface area contributed by atoms with Crippen LogP contribution in [0.15, 0.2) is 0 Å². The molecule has 1 fully saturated rings. The Bertz CT molecular complexity index is 137. The fourth-order valence-corrected chi connectivity index (χ4v) is 2.07. The van der Waals surface area contributed by atoms with E-state index in [2.05, 4.69) is 34.9 Å². The SMILES string of the molecule is CCC1(C)CC(C)[N+]1(C)C. The molecule has 10 heavy (non-hydrogen) atoms. The summed E-state index contributed by atoms with van der Waals surface area (Å²) >= 11 is 0. The zero-order chi connectivity index (χ0) is 7.99. The smallest absolute Gasteiger partial charge is 0.102 e. The average Bonchev–Trinajstić information content (AvgIpc) is 1.88. The number of hydrogen-bond acceptors (Lipinski definition) is 0. The van der Waals surface area contributed by atoms with Crippen LogP contribution in [0.1, 0.15) is 33.6 Å². The molecule has 1 saturated heterocycles. The van der Waals surface area contributed by atoms with Crippen LogP contribution in [0.3, 0.4) is 0 Å². The van der Waals surface area contributed by atoms with Gasteiger partial charge in [-0.25, -0.2) is 0 Å². The largest absolute Gasteiger partial charge is 0.321 e. The van der Waals surface area contributed by atoms with E-state index in [1.165, 1.54) is 17.3 Å². The molecule has 1 nitrogen and oxygen atoms in total. The van der Waals surface area contributed by atoms with Gasteiger partial charge in [0.15, 0.2) is 0 Å². The topological polar surface area (TPSA) is 0 Å². The highest BCUT2D eigenvalue weighted by atomic mass is 15.4. The van der Waals surface area contributed by atoms with Gasteiger partial charge in [-0.3, -0.25) is 0 Å². The van der Waals surface area contributed by atoms with E-state index >= 15 is 0 Å². The van der Waals surface area contributed by atoms with Gasteiger partial charge in [-0.15, -0.1) is 0 Å². The number of nitrogens with zero attached hydrogens (tertiary/aromatic N) is 1. The van der Waals surface area contributed by atoms with Gasteiger partial charge in [-0.1, -0.05) is 6.92 Å². The van der Waals surface area contributed by atoms with Crippen LogP contribution in [0.25, 0.3) is 0 Å². The monoisotopic (exact) mass is 142 g/mol. The second-order valence-electron chi connectivity index (χ2n) is 4.44. The lowest BCUT2D eigenvalue weighted by Crippen LogP contribution is -2.72. The van der Waals surface area contributed by atoms with Crippen molar-refractivity contribution in [2.24, 2.45) is 0 Å². The highest BCUT2D eigenvalue weighted by Crippen LogP contribution is 2.43. The lowest BCUT2D eigenvalue weighted by Gasteiger charge is -2.60. The quantitative estimate of drug-likeness (QED) is 0.491. The molecule has 0 spiro atoms. The fraction of sp³-hybridized carbons (Fsp3) is 1.00. The summed E-state index contributed by atoms with van der Waals surface area (Å²) in [5.74, 6) is 0. The van der Waals surface area contributed by atoms with Gasteiger partial charge >= 0.3 is 0 Å². The van der Waals surface area contributed by atoms with Crippen LogP contribution in [0.4, 0.5) is 0 Å². The molecular weight excluding hydrogens is 122 g/mol. The Labute approximate surface area is 64.6 Å². The average molecular weight is 142 g/mol. The fourth-order valence-electron chi connectivity index (χ4n) is 2.07. The van der Waals surface area contributed by atoms with Crippen LogP contribution >= 0.6 is 0 Å². The molecule has 1 rings (SSSR count). The van der Waals surface area contributed by atoms with Crippen LogP contribution in [-0.4, -0.2) is 30.2 Å². The van der Waals surface area contributed by atoms with Gasteiger partial charge in [-0.2, -0.15) is 0 Å². The van der Waals surface area contributed by atoms with Crippen LogP contribution in [0.2, 0.25) is 0 Å². The van der Waals surface area contributed by atoms with Crippen LogP contribution in [-0.2, 0) is 0 Å². The van der Waals surface area contributed by atoms with E-state index in [1.807, 2.05) is 0 Å². The van der Waals surface area contributed by atoms with E-state index in [0.717, 1.165) is 6.04 Å². The number of hydrogen-bond donors (Lipinski definition) is 0. The Morgan fingerprint density at radius 3 is 2.10 bits per heavy atom.